The van der Waals surface area contributed by atoms with Gasteiger partial charge in [0.15, 0.2) is 6.10 Å². The third-order valence-electron chi connectivity index (χ3n) is 3.00. The lowest BCUT2D eigenvalue weighted by molar-refractivity contribution is -0.146. The predicted octanol–water partition coefficient (Wildman–Crippen LogP) is -0.201. The molecule has 1 aromatic carbocycles. The van der Waals surface area contributed by atoms with Gasteiger partial charge in [-0.15, -0.1) is 0 Å². The van der Waals surface area contributed by atoms with Gasteiger partial charge in [-0.3, -0.25) is 4.79 Å². The minimum absolute atomic E-state index is 0.256. The van der Waals surface area contributed by atoms with Crippen LogP contribution in [0.15, 0.2) is 24.3 Å². The first-order valence-electron chi connectivity index (χ1n) is 5.97. The van der Waals surface area contributed by atoms with Crippen molar-refractivity contribution in [3.05, 3.63) is 29.8 Å². The van der Waals surface area contributed by atoms with Gasteiger partial charge in [-0.2, -0.15) is 0 Å². The highest BCUT2D eigenvalue weighted by Gasteiger charge is 2.26. The normalized spacial score (nSPS) is 18.9. The molecule has 3 N–H and O–H groups in total. The van der Waals surface area contributed by atoms with E-state index in [1.165, 1.54) is 0 Å². The zero-order valence-corrected chi connectivity index (χ0v) is 10.2. The van der Waals surface area contributed by atoms with E-state index in [-0.39, 0.29) is 25.0 Å². The van der Waals surface area contributed by atoms with Gasteiger partial charge < -0.3 is 20.3 Å². The Morgan fingerprint density at radius 3 is 2.89 bits per heavy atom. The summed E-state index contributed by atoms with van der Waals surface area (Å²) in [6.07, 6.45) is -1.04. The maximum absolute atomic E-state index is 11.8. The summed E-state index contributed by atoms with van der Waals surface area (Å²) in [6, 6.07) is 7.47. The van der Waals surface area contributed by atoms with Crippen LogP contribution in [0.5, 0.6) is 5.75 Å². The Bertz CT molecular complexity index is 488. The van der Waals surface area contributed by atoms with Crippen molar-refractivity contribution < 1.29 is 24.5 Å². The topological polar surface area (TPSA) is 95.9 Å². The molecular formula is C13H15NO5. The van der Waals surface area contributed by atoms with Gasteiger partial charge in [0.25, 0.3) is 0 Å². The average Bonchev–Trinajstić information content (AvgIpc) is 2.43. The van der Waals surface area contributed by atoms with Gasteiger partial charge >= 0.3 is 5.97 Å². The number of aliphatic hydroxyl groups is 1. The Hall–Kier alpha value is -2.08. The molecule has 0 aromatic heterocycles. The third kappa shape index (κ3) is 3.23. The molecule has 0 aliphatic carbocycles. The smallest absolute Gasteiger partial charge is 0.334 e. The lowest BCUT2D eigenvalue weighted by Gasteiger charge is -2.24. The fraction of sp³-hybridized carbons (Fsp3) is 0.385. The molecule has 1 aliphatic heterocycles. The quantitative estimate of drug-likeness (QED) is 0.700. The molecule has 1 heterocycles. The van der Waals surface area contributed by atoms with Crippen LogP contribution in [-0.4, -0.2) is 41.3 Å². The number of carboxylic acid groups (broad SMARTS) is 1. The fourth-order valence-electron chi connectivity index (χ4n) is 1.93. The standard InChI is InChI=1S/C13H15NO5/c15-10(13(17)18)6-14-12(16)9-5-8-3-1-2-4-11(8)19-7-9/h1-4,9-10,15H,5-7H2,(H,14,16)(H,17,18). The van der Waals surface area contributed by atoms with Gasteiger partial charge in [-0.05, 0) is 18.1 Å². The van der Waals surface area contributed by atoms with Crippen LogP contribution in [0.4, 0.5) is 0 Å². The maximum Gasteiger partial charge on any atom is 0.334 e. The number of para-hydroxylation sites is 1. The van der Waals surface area contributed by atoms with Crippen molar-refractivity contribution in [3.8, 4) is 5.75 Å². The average molecular weight is 265 g/mol. The summed E-state index contributed by atoms with van der Waals surface area (Å²) < 4.78 is 5.47. The second-order valence-corrected chi connectivity index (χ2v) is 4.42. The molecule has 6 nitrogen and oxygen atoms in total. The highest BCUT2D eigenvalue weighted by Crippen LogP contribution is 2.26. The number of carbonyl (C=O) groups excluding carboxylic acids is 1. The van der Waals surface area contributed by atoms with Gasteiger partial charge in [0.2, 0.25) is 5.91 Å². The summed E-state index contributed by atoms with van der Waals surface area (Å²) in [6.45, 7) is -0.0433. The molecule has 0 bridgehead atoms. The Morgan fingerprint density at radius 1 is 1.42 bits per heavy atom. The number of fused-ring (bicyclic) bond motifs is 1. The summed E-state index contributed by atoms with van der Waals surface area (Å²) in [5, 5.41) is 20.0. The van der Waals surface area contributed by atoms with Gasteiger partial charge in [-0.1, -0.05) is 18.2 Å². The van der Waals surface area contributed by atoms with Crippen molar-refractivity contribution in [1.29, 1.82) is 0 Å². The number of aliphatic carboxylic acids is 1. The molecule has 0 saturated carbocycles. The summed E-state index contributed by atoms with van der Waals surface area (Å²) in [5.74, 6) is -1.26. The largest absolute Gasteiger partial charge is 0.492 e. The van der Waals surface area contributed by atoms with Crippen LogP contribution in [0.1, 0.15) is 5.56 Å². The number of carbonyl (C=O) groups is 2. The van der Waals surface area contributed by atoms with Gasteiger partial charge in [0.1, 0.15) is 12.4 Å². The van der Waals surface area contributed by atoms with Crippen LogP contribution in [0.3, 0.4) is 0 Å². The number of hydrogen-bond donors (Lipinski definition) is 3. The molecule has 0 saturated heterocycles. The van der Waals surface area contributed by atoms with Gasteiger partial charge in [0, 0.05) is 0 Å². The number of rotatable bonds is 4. The van der Waals surface area contributed by atoms with Gasteiger partial charge in [-0.25, -0.2) is 4.79 Å². The summed E-state index contributed by atoms with van der Waals surface area (Å²) >= 11 is 0. The molecular weight excluding hydrogens is 250 g/mol. The molecule has 102 valence electrons. The van der Waals surface area contributed by atoms with E-state index in [0.717, 1.165) is 11.3 Å². The molecule has 0 fully saturated rings. The van der Waals surface area contributed by atoms with Crippen LogP contribution in [0.2, 0.25) is 0 Å². The van der Waals surface area contributed by atoms with Crippen LogP contribution in [0, 0.1) is 5.92 Å². The Morgan fingerprint density at radius 2 is 2.16 bits per heavy atom. The minimum Gasteiger partial charge on any atom is -0.492 e. The first-order valence-corrected chi connectivity index (χ1v) is 5.97. The third-order valence-corrected chi connectivity index (χ3v) is 3.00. The fourth-order valence-corrected chi connectivity index (χ4v) is 1.93. The van der Waals surface area contributed by atoms with E-state index < -0.39 is 12.1 Å². The number of aliphatic hydroxyl groups excluding tert-OH is 1. The first kappa shape index (κ1) is 13.4. The Kier molecular flexibility index (Phi) is 4.01. The highest BCUT2D eigenvalue weighted by molar-refractivity contribution is 5.80. The molecule has 2 rings (SSSR count). The van der Waals surface area contributed by atoms with Crippen molar-refractivity contribution in [2.24, 2.45) is 5.92 Å². The molecule has 1 aliphatic rings. The second-order valence-electron chi connectivity index (χ2n) is 4.42. The maximum atomic E-state index is 11.8. The van der Waals surface area contributed by atoms with E-state index in [1.54, 1.807) is 0 Å². The van der Waals surface area contributed by atoms with Gasteiger partial charge in [0.05, 0.1) is 12.5 Å². The number of carboxylic acids is 1. The van der Waals surface area contributed by atoms with Crippen molar-refractivity contribution in [2.45, 2.75) is 12.5 Å². The second kappa shape index (κ2) is 5.71. The van der Waals surface area contributed by atoms with Crippen LogP contribution in [0.25, 0.3) is 0 Å². The van der Waals surface area contributed by atoms with E-state index in [9.17, 15) is 9.59 Å². The molecule has 0 spiro atoms. The molecule has 0 radical (unpaired) electrons. The van der Waals surface area contributed by atoms with Crippen LogP contribution >= 0.6 is 0 Å². The monoisotopic (exact) mass is 265 g/mol. The molecule has 6 heteroatoms. The highest BCUT2D eigenvalue weighted by atomic mass is 16.5. The number of amides is 1. The molecule has 19 heavy (non-hydrogen) atoms. The van der Waals surface area contributed by atoms with Crippen molar-refractivity contribution in [1.82, 2.24) is 5.32 Å². The number of nitrogens with one attached hydrogen (secondary N) is 1. The lowest BCUT2D eigenvalue weighted by atomic mass is 9.96. The van der Waals surface area contributed by atoms with E-state index in [0.29, 0.717) is 6.42 Å². The number of hydrogen-bond acceptors (Lipinski definition) is 4. The first-order chi connectivity index (χ1) is 9.08. The SMILES string of the molecule is O=C(O)C(O)CNC(=O)C1COc2ccccc2C1. The van der Waals surface area contributed by atoms with E-state index >= 15 is 0 Å². The summed E-state index contributed by atoms with van der Waals surface area (Å²) in [4.78, 5) is 22.3. The van der Waals surface area contributed by atoms with E-state index in [4.69, 9.17) is 14.9 Å². The zero-order chi connectivity index (χ0) is 13.8. The predicted molar refractivity (Wildman–Crippen MR) is 65.8 cm³/mol. The molecule has 2 unspecified atom stereocenters. The van der Waals surface area contributed by atoms with E-state index in [2.05, 4.69) is 5.32 Å². The molecule has 1 amide bonds. The van der Waals surface area contributed by atoms with E-state index in [1.807, 2.05) is 24.3 Å². The Labute approximate surface area is 110 Å². The molecule has 2 atom stereocenters. The minimum atomic E-state index is -1.58. The van der Waals surface area contributed by atoms with Crippen molar-refractivity contribution in [2.75, 3.05) is 13.2 Å². The summed E-state index contributed by atoms with van der Waals surface area (Å²) in [5.41, 5.74) is 0.952. The van der Waals surface area contributed by atoms with Crippen LogP contribution in [-0.2, 0) is 16.0 Å². The Balaban J connectivity index is 1.90. The lowest BCUT2D eigenvalue weighted by Crippen LogP contribution is -2.42. The van der Waals surface area contributed by atoms with Crippen molar-refractivity contribution in [3.63, 3.8) is 0 Å². The number of ether oxygens (including phenoxy) is 1. The summed E-state index contributed by atoms with van der Waals surface area (Å²) in [7, 11) is 0. The molecule has 1 aromatic rings. The van der Waals surface area contributed by atoms with Crippen molar-refractivity contribution >= 4 is 11.9 Å². The zero-order valence-electron chi connectivity index (χ0n) is 10.2. The number of benzene rings is 1. The van der Waals surface area contributed by atoms with Crippen LogP contribution < -0.4 is 10.1 Å².